The van der Waals surface area contributed by atoms with E-state index in [1.54, 1.807) is 13.2 Å². The maximum atomic E-state index is 5.97. The third kappa shape index (κ3) is 3.33. The van der Waals surface area contributed by atoms with Crippen LogP contribution in [0.4, 0.5) is 5.82 Å². The molecular weight excluding hydrogens is 369 g/mol. The summed E-state index contributed by atoms with van der Waals surface area (Å²) in [6.07, 6.45) is 2.27. The first-order valence-corrected chi connectivity index (χ1v) is 7.27. The molecule has 2 aromatic rings. The van der Waals surface area contributed by atoms with Gasteiger partial charge in [-0.15, -0.1) is 0 Å². The summed E-state index contributed by atoms with van der Waals surface area (Å²) < 4.78 is 5.99. The quantitative estimate of drug-likeness (QED) is 0.813. The van der Waals surface area contributed by atoms with Crippen molar-refractivity contribution in [3.8, 4) is 17.4 Å². The summed E-state index contributed by atoms with van der Waals surface area (Å²) in [5.74, 6) is 1.94. The Bertz CT molecular complexity index is 618. The van der Waals surface area contributed by atoms with E-state index < -0.39 is 0 Å². The summed E-state index contributed by atoms with van der Waals surface area (Å²) in [5.41, 5.74) is 7.52. The van der Waals surface area contributed by atoms with Crippen LogP contribution < -0.4 is 10.5 Å². The first-order valence-electron chi connectivity index (χ1n) is 6.19. The van der Waals surface area contributed by atoms with E-state index in [0.717, 1.165) is 15.7 Å². The van der Waals surface area contributed by atoms with Gasteiger partial charge >= 0.3 is 0 Å². The first-order chi connectivity index (χ1) is 9.51. The molecule has 0 fully saturated rings. The number of aromatic nitrogens is 4. The summed E-state index contributed by atoms with van der Waals surface area (Å²) in [5, 5.41) is 0. The molecule has 7 heteroatoms. The Balaban J connectivity index is 2.48. The van der Waals surface area contributed by atoms with E-state index in [2.05, 4.69) is 56.4 Å². The number of hydrogen-bond donors (Lipinski definition) is 1. The van der Waals surface area contributed by atoms with Gasteiger partial charge in [-0.05, 0) is 34.9 Å². The van der Waals surface area contributed by atoms with Crippen LogP contribution >= 0.6 is 22.6 Å². The number of ether oxygens (including phenoxy) is 1. The lowest BCUT2D eigenvalue weighted by atomic mass is 10.1. The van der Waals surface area contributed by atoms with Crippen LogP contribution in [-0.4, -0.2) is 27.0 Å². The van der Waals surface area contributed by atoms with Gasteiger partial charge in [0.1, 0.15) is 17.8 Å². The minimum absolute atomic E-state index is 0.473. The minimum Gasteiger partial charge on any atom is -0.481 e. The van der Waals surface area contributed by atoms with Crippen LogP contribution in [0.1, 0.15) is 19.5 Å². The number of rotatable bonds is 4. The molecule has 0 aliphatic carbocycles. The van der Waals surface area contributed by atoms with Crippen molar-refractivity contribution in [2.45, 2.75) is 20.3 Å². The maximum absolute atomic E-state index is 5.97. The zero-order valence-corrected chi connectivity index (χ0v) is 13.7. The Morgan fingerprint density at radius 1 is 1.30 bits per heavy atom. The molecule has 2 aromatic heterocycles. The largest absolute Gasteiger partial charge is 0.481 e. The zero-order valence-electron chi connectivity index (χ0n) is 11.6. The van der Waals surface area contributed by atoms with Gasteiger partial charge < -0.3 is 10.5 Å². The van der Waals surface area contributed by atoms with Crippen molar-refractivity contribution in [1.82, 2.24) is 19.9 Å². The zero-order chi connectivity index (χ0) is 14.7. The lowest BCUT2D eigenvalue weighted by Gasteiger charge is -2.10. The third-order valence-corrected chi connectivity index (χ3v) is 3.80. The topological polar surface area (TPSA) is 86.8 Å². The van der Waals surface area contributed by atoms with E-state index in [-0.39, 0.29) is 0 Å². The molecule has 106 valence electrons. The van der Waals surface area contributed by atoms with E-state index in [0.29, 0.717) is 29.1 Å². The summed E-state index contributed by atoms with van der Waals surface area (Å²) in [6, 6.07) is 1.70. The predicted molar refractivity (Wildman–Crippen MR) is 85.3 cm³/mol. The summed E-state index contributed by atoms with van der Waals surface area (Å²) in [6.45, 7) is 4.28. The Kier molecular flexibility index (Phi) is 4.69. The molecule has 0 aliphatic rings. The van der Waals surface area contributed by atoms with Crippen LogP contribution in [0.2, 0.25) is 0 Å². The van der Waals surface area contributed by atoms with Gasteiger partial charge in [-0.1, -0.05) is 13.8 Å². The van der Waals surface area contributed by atoms with Gasteiger partial charge in [0.2, 0.25) is 5.88 Å². The highest BCUT2D eigenvalue weighted by molar-refractivity contribution is 14.1. The van der Waals surface area contributed by atoms with E-state index in [1.807, 2.05) is 0 Å². The molecule has 2 N–H and O–H groups in total. The molecular formula is C13H16IN5O. The Morgan fingerprint density at radius 3 is 2.70 bits per heavy atom. The SMILES string of the molecule is COc1cc(-c2nc(N)c(I)c(CC(C)C)n2)ncn1. The smallest absolute Gasteiger partial charge is 0.216 e. The van der Waals surface area contributed by atoms with Gasteiger partial charge in [0.25, 0.3) is 0 Å². The van der Waals surface area contributed by atoms with Gasteiger partial charge in [0.15, 0.2) is 5.82 Å². The van der Waals surface area contributed by atoms with Crippen molar-refractivity contribution >= 4 is 28.4 Å². The van der Waals surface area contributed by atoms with Crippen LogP contribution in [0.25, 0.3) is 11.5 Å². The normalized spacial score (nSPS) is 10.8. The molecule has 0 aromatic carbocycles. The molecule has 0 aliphatic heterocycles. The molecule has 2 heterocycles. The summed E-state index contributed by atoms with van der Waals surface area (Å²) >= 11 is 2.18. The summed E-state index contributed by atoms with van der Waals surface area (Å²) in [4.78, 5) is 17.0. The van der Waals surface area contributed by atoms with Crippen molar-refractivity contribution in [2.24, 2.45) is 5.92 Å². The Hall–Kier alpha value is -1.51. The van der Waals surface area contributed by atoms with E-state index >= 15 is 0 Å². The molecule has 0 radical (unpaired) electrons. The van der Waals surface area contributed by atoms with Crippen LogP contribution in [0.5, 0.6) is 5.88 Å². The summed E-state index contributed by atoms with van der Waals surface area (Å²) in [7, 11) is 1.56. The van der Waals surface area contributed by atoms with Gasteiger partial charge in [0, 0.05) is 6.07 Å². The van der Waals surface area contributed by atoms with Gasteiger partial charge in [-0.2, -0.15) is 0 Å². The minimum atomic E-state index is 0.473. The van der Waals surface area contributed by atoms with Crippen LogP contribution in [0, 0.1) is 9.49 Å². The van der Waals surface area contributed by atoms with Crippen molar-refractivity contribution in [3.63, 3.8) is 0 Å². The average molecular weight is 385 g/mol. The maximum Gasteiger partial charge on any atom is 0.216 e. The molecule has 2 rings (SSSR count). The molecule has 6 nitrogen and oxygen atoms in total. The lowest BCUT2D eigenvalue weighted by molar-refractivity contribution is 0.397. The van der Waals surface area contributed by atoms with Crippen molar-refractivity contribution in [3.05, 3.63) is 21.7 Å². The lowest BCUT2D eigenvalue weighted by Crippen LogP contribution is -2.08. The van der Waals surface area contributed by atoms with Gasteiger partial charge in [0.05, 0.1) is 16.4 Å². The molecule has 0 atom stereocenters. The molecule has 20 heavy (non-hydrogen) atoms. The standard InChI is InChI=1S/C13H16IN5O/c1-7(2)4-8-11(14)12(15)19-13(18-8)9-5-10(20-3)17-6-16-9/h5-7H,4H2,1-3H3,(H2,15,18,19). The van der Waals surface area contributed by atoms with Crippen LogP contribution in [0.15, 0.2) is 12.4 Å². The monoisotopic (exact) mass is 385 g/mol. The van der Waals surface area contributed by atoms with Crippen LogP contribution in [-0.2, 0) is 6.42 Å². The number of nitrogen functional groups attached to an aromatic ring is 1. The van der Waals surface area contributed by atoms with E-state index in [4.69, 9.17) is 10.5 Å². The highest BCUT2D eigenvalue weighted by Gasteiger charge is 2.14. The molecule has 0 saturated heterocycles. The molecule has 0 saturated carbocycles. The highest BCUT2D eigenvalue weighted by Crippen LogP contribution is 2.23. The van der Waals surface area contributed by atoms with Gasteiger partial charge in [-0.3, -0.25) is 0 Å². The number of nitrogens with zero attached hydrogens (tertiary/aromatic N) is 4. The number of hydrogen-bond acceptors (Lipinski definition) is 6. The molecule has 0 amide bonds. The Labute approximate surface area is 131 Å². The van der Waals surface area contributed by atoms with Crippen LogP contribution in [0.3, 0.4) is 0 Å². The second-order valence-corrected chi connectivity index (χ2v) is 5.82. The molecule has 0 spiro atoms. The number of nitrogens with two attached hydrogens (primary N) is 1. The fourth-order valence-electron chi connectivity index (χ4n) is 1.72. The highest BCUT2D eigenvalue weighted by atomic mass is 127. The third-order valence-electron chi connectivity index (χ3n) is 2.63. The van der Waals surface area contributed by atoms with Gasteiger partial charge in [-0.25, -0.2) is 19.9 Å². The first kappa shape index (κ1) is 14.9. The fraction of sp³-hybridized carbons (Fsp3) is 0.385. The predicted octanol–water partition coefficient (Wildman–Crippen LogP) is 2.33. The van der Waals surface area contributed by atoms with E-state index in [1.165, 1.54) is 6.33 Å². The van der Waals surface area contributed by atoms with Crippen molar-refractivity contribution in [1.29, 1.82) is 0 Å². The molecule has 0 bridgehead atoms. The fourth-order valence-corrected chi connectivity index (χ4v) is 2.18. The van der Waals surface area contributed by atoms with Crippen molar-refractivity contribution in [2.75, 3.05) is 12.8 Å². The van der Waals surface area contributed by atoms with E-state index in [9.17, 15) is 0 Å². The van der Waals surface area contributed by atoms with Crippen molar-refractivity contribution < 1.29 is 4.74 Å². The number of anilines is 1. The number of halogens is 1. The second kappa shape index (κ2) is 6.29. The number of methoxy groups -OCH3 is 1. The average Bonchev–Trinajstić information content (AvgIpc) is 2.43. The second-order valence-electron chi connectivity index (χ2n) is 4.74. The Morgan fingerprint density at radius 2 is 2.05 bits per heavy atom. The molecule has 0 unspecified atom stereocenters.